The van der Waals surface area contributed by atoms with Crippen molar-refractivity contribution in [3.05, 3.63) is 58.7 Å². The highest BCUT2D eigenvalue weighted by Crippen LogP contribution is 2.47. The zero-order valence-corrected chi connectivity index (χ0v) is 23.3. The number of aromatic nitrogens is 1. The van der Waals surface area contributed by atoms with Crippen molar-refractivity contribution in [3.8, 4) is 17.0 Å². The Morgan fingerprint density at radius 3 is 2.63 bits per heavy atom. The second-order valence-corrected chi connectivity index (χ2v) is 11.2. The lowest BCUT2D eigenvalue weighted by Gasteiger charge is -2.24. The van der Waals surface area contributed by atoms with Crippen molar-refractivity contribution in [2.75, 3.05) is 47.2 Å². The minimum Gasteiger partial charge on any atom is -0.497 e. The zero-order valence-electron chi connectivity index (χ0n) is 42.4. The molecule has 0 radical (unpaired) electrons. The quantitative estimate of drug-likeness (QED) is 0.458. The Kier molecular flexibility index (Phi) is 3.83. The molecule has 1 aromatic heterocycles. The number of hydrogen-bond acceptors (Lipinski definition) is 6. The third-order valence-corrected chi connectivity index (χ3v) is 8.18. The smallest absolute Gasteiger partial charge is 0.303 e. The van der Waals surface area contributed by atoms with Crippen LogP contribution in [0, 0.1) is 0 Å². The molecule has 1 aliphatic carbocycles. The van der Waals surface area contributed by atoms with Crippen LogP contribution in [0.5, 0.6) is 5.75 Å². The van der Waals surface area contributed by atoms with Gasteiger partial charge in [-0.3, -0.25) is 9.59 Å². The van der Waals surface area contributed by atoms with Crippen LogP contribution in [0.2, 0.25) is 0 Å². The number of likely N-dealkylation sites (N-methyl/N-ethyl adjacent to an activating group) is 2. The maximum atomic E-state index is 14.8. The number of amides is 2. The van der Waals surface area contributed by atoms with E-state index < -0.39 is 127 Å². The second-order valence-electron chi connectivity index (χ2n) is 9.66. The molecule has 0 spiro atoms. The Labute approximate surface area is 280 Å². The van der Waals surface area contributed by atoms with E-state index in [1.807, 2.05) is 0 Å². The molecule has 0 atom stereocenters. The average molecular weight is 627 g/mol. The lowest BCUT2D eigenvalue weighted by Crippen LogP contribution is -2.42. The third kappa shape index (κ3) is 5.57. The molecule has 0 unspecified atom stereocenters. The summed E-state index contributed by atoms with van der Waals surface area (Å²) in [6, 6.07) is 7.48. The number of ether oxygens (including phenoxy) is 2. The molecule has 2 aromatic carbocycles. The fourth-order valence-corrected chi connectivity index (χ4v) is 5.84. The number of nitrogens with zero attached hydrogens (tertiary/aromatic N) is 3. The number of fused-ring (bicyclic) bond motifs is 4. The Morgan fingerprint density at radius 1 is 1.05 bits per heavy atom. The monoisotopic (exact) mass is 626 g/mol. The van der Waals surface area contributed by atoms with Crippen LogP contribution in [0.15, 0.2) is 42.0 Å². The van der Waals surface area contributed by atoms with E-state index in [9.17, 15) is 18.0 Å². The molecule has 0 saturated heterocycles. The molecule has 4 bridgehead atoms. The molecule has 228 valence electrons. The molecule has 10 nitrogen and oxygen atoms in total. The van der Waals surface area contributed by atoms with E-state index >= 15 is 0 Å². The lowest BCUT2D eigenvalue weighted by molar-refractivity contribution is -0.126. The summed E-state index contributed by atoms with van der Waals surface area (Å²) in [6.07, 6.45) is -8.86. The molecule has 1 saturated carbocycles. The van der Waals surface area contributed by atoms with Gasteiger partial charge < -0.3 is 18.9 Å². The van der Waals surface area contributed by atoms with Gasteiger partial charge in [-0.1, -0.05) is 25.2 Å². The Morgan fingerprint density at radius 2 is 1.86 bits per heavy atom. The lowest BCUT2D eigenvalue weighted by atomic mass is 9.81. The predicted octanol–water partition coefficient (Wildman–Crippen LogP) is 4.16. The van der Waals surface area contributed by atoms with Crippen LogP contribution in [-0.2, 0) is 26.3 Å². The van der Waals surface area contributed by atoms with E-state index in [1.165, 1.54) is 40.7 Å². The fraction of sp³-hybridized carbons (Fsp3) is 0.438. The van der Waals surface area contributed by atoms with Gasteiger partial charge in [0.15, 0.2) is 0 Å². The number of methoxy groups -OCH3 is 1. The summed E-state index contributed by atoms with van der Waals surface area (Å²) >= 11 is 0. The molecule has 1 fully saturated rings. The zero-order chi connectivity index (χ0) is 47.9. The summed E-state index contributed by atoms with van der Waals surface area (Å²) in [5.41, 5.74) is -1.03. The first kappa shape index (κ1) is 14.0. The van der Waals surface area contributed by atoms with Crippen LogP contribution in [0.3, 0.4) is 0 Å². The maximum absolute atomic E-state index is 14.8. The van der Waals surface area contributed by atoms with Gasteiger partial charge in [0.1, 0.15) is 5.75 Å². The van der Waals surface area contributed by atoms with Crippen molar-refractivity contribution in [1.82, 2.24) is 18.5 Å². The van der Waals surface area contributed by atoms with Crippen LogP contribution >= 0.6 is 0 Å². The van der Waals surface area contributed by atoms with E-state index in [-0.39, 0.29) is 39.0 Å². The Hall–Kier alpha value is -3.67. The fourth-order valence-electron chi connectivity index (χ4n) is 5.24. The van der Waals surface area contributed by atoms with Gasteiger partial charge in [0.05, 0.1) is 40.7 Å². The molecule has 3 aromatic rings. The van der Waals surface area contributed by atoms with Crippen molar-refractivity contribution in [2.45, 2.75) is 44.4 Å². The molecule has 2 amide bonds. The van der Waals surface area contributed by atoms with Crippen LogP contribution in [0.1, 0.15) is 86.8 Å². The van der Waals surface area contributed by atoms with Gasteiger partial charge in [0, 0.05) is 73.7 Å². The standard InChI is InChI=1S/C32H38N4O6S/c1-34-13-15-42-16-14-35(2)43(39,40)33-31(37)22-9-11-27-28(19-22)36-20-24(32(34)38)17-23-18-25(41-3)10-12-26(23)30(36)29(27)21-7-5-4-6-8-21/h9-12,17-19,21H,4-8,13-16,20H2,1-3H3,(H,33,37)/i1D3,2D3,4D2,5D2,6D2,13D2,14D2,15D2,16D2. The molecule has 43 heavy (non-hydrogen) atoms. The van der Waals surface area contributed by atoms with Crippen molar-refractivity contribution >= 4 is 39.0 Å². The minimum absolute atomic E-state index is 0.0377. The maximum Gasteiger partial charge on any atom is 0.303 e. The van der Waals surface area contributed by atoms with Crippen molar-refractivity contribution in [3.63, 3.8) is 0 Å². The van der Waals surface area contributed by atoms with Gasteiger partial charge in [-0.15, -0.1) is 0 Å². The second kappa shape index (κ2) is 11.8. The van der Waals surface area contributed by atoms with E-state index in [1.54, 1.807) is 0 Å². The number of carbonyl (C=O) groups excluding carboxylic acids is 2. The van der Waals surface area contributed by atoms with E-state index in [0.717, 1.165) is 18.2 Å². The summed E-state index contributed by atoms with van der Waals surface area (Å²) < 4.78 is 207. The largest absolute Gasteiger partial charge is 0.497 e. The molecule has 6 rings (SSSR count). The normalized spacial score (nSPS) is 36.1. The number of hydrogen-bond donors (Lipinski definition) is 1. The molecule has 3 aliphatic rings. The first-order chi connectivity index (χ1) is 28.3. The SMILES string of the molecule is [2H]C([2H])([2H])N1C(=O)C2=Cc3cc(OC)ccc3-c3c(C4CC([2H])([2H])C([2H])([2H])C([2H])([2H])C4)c4ccc(cc4n3C2)C(=O)NS(=O)(=O)N(C([2H])([2H])[2H])C([2H])([2H])C([2H])([2H])OC([2H])([2H])C1([2H])[2H]. The van der Waals surface area contributed by atoms with E-state index in [4.69, 9.17) is 32.2 Å². The Bertz CT molecular complexity index is 2530. The molecule has 1 N–H and O–H groups in total. The third-order valence-electron chi connectivity index (χ3n) is 7.17. The highest BCUT2D eigenvalue weighted by atomic mass is 32.2. The van der Waals surface area contributed by atoms with Gasteiger partial charge in [-0.25, -0.2) is 4.72 Å². The van der Waals surface area contributed by atoms with Gasteiger partial charge in [0.25, 0.3) is 11.8 Å². The van der Waals surface area contributed by atoms with Gasteiger partial charge in [-0.2, -0.15) is 12.7 Å². The highest BCUT2D eigenvalue weighted by Gasteiger charge is 2.31. The van der Waals surface area contributed by atoms with Crippen molar-refractivity contribution in [2.24, 2.45) is 0 Å². The minimum atomic E-state index is -6.11. The summed E-state index contributed by atoms with van der Waals surface area (Å²) in [6.45, 7) is -27.1. The van der Waals surface area contributed by atoms with Crippen LogP contribution in [0.4, 0.5) is 0 Å². The molecule has 2 aliphatic heterocycles. The average Bonchev–Trinajstić information content (AvgIpc) is 3.29. The molecule has 11 heteroatoms. The topological polar surface area (TPSA) is 110 Å². The van der Waals surface area contributed by atoms with E-state index in [2.05, 4.69) is 4.74 Å². The van der Waals surface area contributed by atoms with Crippen LogP contribution in [0.25, 0.3) is 28.2 Å². The summed E-state index contributed by atoms with van der Waals surface area (Å²) in [4.78, 5) is 28.0. The summed E-state index contributed by atoms with van der Waals surface area (Å²) in [5, 5.41) is 0.0817. The van der Waals surface area contributed by atoms with Gasteiger partial charge in [0.2, 0.25) is 0 Å². The summed E-state index contributed by atoms with van der Waals surface area (Å²) in [5.74, 6) is -4.52. The molecular weight excluding hydrogens is 568 g/mol. The predicted molar refractivity (Wildman–Crippen MR) is 165 cm³/mol. The molecular formula is C32H38N4O6S. The number of carbonyl (C=O) groups is 2. The molecule has 3 heterocycles. The Balaban J connectivity index is 1.76. The summed E-state index contributed by atoms with van der Waals surface area (Å²) in [7, 11) is -4.83. The van der Waals surface area contributed by atoms with Crippen molar-refractivity contribution < 1.29 is 54.9 Å². The van der Waals surface area contributed by atoms with Crippen LogP contribution in [-0.4, -0.2) is 81.2 Å². The highest BCUT2D eigenvalue weighted by molar-refractivity contribution is 7.87. The number of rotatable bonds is 2. The van der Waals surface area contributed by atoms with Gasteiger partial charge >= 0.3 is 10.2 Å². The van der Waals surface area contributed by atoms with E-state index in [0.29, 0.717) is 0 Å². The van der Waals surface area contributed by atoms with Gasteiger partial charge in [-0.05, 0) is 66.3 Å². The van der Waals surface area contributed by atoms with Crippen molar-refractivity contribution in [1.29, 1.82) is 0 Å². The number of nitrogens with one attached hydrogen (secondary N) is 1. The first-order valence-corrected chi connectivity index (χ1v) is 14.2. The van der Waals surface area contributed by atoms with Crippen LogP contribution < -0.4 is 9.46 Å². The first-order valence-electron chi connectivity index (χ1n) is 22.7. The number of benzene rings is 2.